The van der Waals surface area contributed by atoms with Gasteiger partial charge in [0.05, 0.1) is 5.56 Å². The van der Waals surface area contributed by atoms with Crippen molar-refractivity contribution in [3.8, 4) is 0 Å². The third kappa shape index (κ3) is 3.35. The summed E-state index contributed by atoms with van der Waals surface area (Å²) in [5.41, 5.74) is 7.15. The van der Waals surface area contributed by atoms with Gasteiger partial charge >= 0.3 is 0 Å². The molecule has 0 unspecified atom stereocenters. The average molecular weight is 351 g/mol. The minimum Gasteiger partial charge on any atom is -0.399 e. The Hall–Kier alpha value is -1.46. The number of anilines is 1. The number of hydrogen-bond acceptors (Lipinski definition) is 3. The standard InChI is InChI=1S/C15H15BrN2OS/c1-18(2)15(19)11-8-7-10(17)9-14(11)20-13-6-4-3-5-12(13)16/h3-9H,17H2,1-2H3. The van der Waals surface area contributed by atoms with Gasteiger partial charge in [-0.1, -0.05) is 23.9 Å². The van der Waals surface area contributed by atoms with E-state index in [-0.39, 0.29) is 5.91 Å². The van der Waals surface area contributed by atoms with Crippen molar-refractivity contribution in [2.24, 2.45) is 0 Å². The van der Waals surface area contributed by atoms with Crippen molar-refractivity contribution < 1.29 is 4.79 Å². The molecule has 1 amide bonds. The van der Waals surface area contributed by atoms with Crippen LogP contribution in [0.2, 0.25) is 0 Å². The predicted molar refractivity (Wildman–Crippen MR) is 87.1 cm³/mol. The van der Waals surface area contributed by atoms with E-state index in [1.165, 1.54) is 11.8 Å². The number of amides is 1. The van der Waals surface area contributed by atoms with Crippen LogP contribution in [-0.2, 0) is 0 Å². The number of benzene rings is 2. The van der Waals surface area contributed by atoms with Gasteiger partial charge in [0.15, 0.2) is 0 Å². The lowest BCUT2D eigenvalue weighted by molar-refractivity contribution is 0.0824. The summed E-state index contributed by atoms with van der Waals surface area (Å²) < 4.78 is 0.996. The maximum atomic E-state index is 12.2. The zero-order chi connectivity index (χ0) is 14.7. The molecule has 0 saturated carbocycles. The van der Waals surface area contributed by atoms with Gasteiger partial charge in [0, 0.05) is 34.0 Å². The summed E-state index contributed by atoms with van der Waals surface area (Å²) in [5, 5.41) is 0. The SMILES string of the molecule is CN(C)C(=O)c1ccc(N)cc1Sc1ccccc1Br. The minimum absolute atomic E-state index is 0.0282. The third-order valence-corrected chi connectivity index (χ3v) is 4.79. The van der Waals surface area contributed by atoms with Crippen LogP contribution in [0.1, 0.15) is 10.4 Å². The number of hydrogen-bond donors (Lipinski definition) is 1. The largest absolute Gasteiger partial charge is 0.399 e. The van der Waals surface area contributed by atoms with Crippen LogP contribution in [-0.4, -0.2) is 24.9 Å². The fourth-order valence-electron chi connectivity index (χ4n) is 1.69. The third-order valence-electron chi connectivity index (χ3n) is 2.70. The first-order valence-electron chi connectivity index (χ1n) is 6.02. The number of carbonyl (C=O) groups excluding carboxylic acids is 1. The molecule has 0 bridgehead atoms. The van der Waals surface area contributed by atoms with Crippen LogP contribution in [0, 0.1) is 0 Å². The van der Waals surface area contributed by atoms with Crippen LogP contribution in [0.4, 0.5) is 5.69 Å². The fraction of sp³-hybridized carbons (Fsp3) is 0.133. The number of rotatable bonds is 3. The second-order valence-corrected chi connectivity index (χ2v) is 6.43. The molecule has 0 aliphatic heterocycles. The molecule has 0 saturated heterocycles. The predicted octanol–water partition coefficient (Wildman–Crippen LogP) is 3.88. The van der Waals surface area contributed by atoms with Gasteiger partial charge in [0.25, 0.3) is 5.91 Å². The molecule has 0 heterocycles. The Balaban J connectivity index is 2.43. The highest BCUT2D eigenvalue weighted by Crippen LogP contribution is 2.36. The Morgan fingerprint density at radius 2 is 1.85 bits per heavy atom. The number of halogens is 1. The van der Waals surface area contributed by atoms with Crippen molar-refractivity contribution in [3.63, 3.8) is 0 Å². The molecule has 2 N–H and O–H groups in total. The van der Waals surface area contributed by atoms with Crippen LogP contribution < -0.4 is 5.73 Å². The van der Waals surface area contributed by atoms with E-state index in [1.54, 1.807) is 31.1 Å². The summed E-state index contributed by atoms with van der Waals surface area (Å²) in [7, 11) is 3.48. The Labute approximate surface area is 131 Å². The molecule has 0 aliphatic carbocycles. The van der Waals surface area contributed by atoms with E-state index in [4.69, 9.17) is 5.73 Å². The van der Waals surface area contributed by atoms with E-state index in [2.05, 4.69) is 15.9 Å². The van der Waals surface area contributed by atoms with Gasteiger partial charge in [0.1, 0.15) is 0 Å². The molecular formula is C15H15BrN2OS. The number of nitrogens with zero attached hydrogens (tertiary/aromatic N) is 1. The fourth-order valence-corrected chi connectivity index (χ4v) is 3.22. The maximum absolute atomic E-state index is 12.2. The first-order valence-corrected chi connectivity index (χ1v) is 7.63. The van der Waals surface area contributed by atoms with Gasteiger partial charge < -0.3 is 10.6 Å². The molecule has 0 atom stereocenters. The van der Waals surface area contributed by atoms with E-state index in [9.17, 15) is 4.79 Å². The van der Waals surface area contributed by atoms with E-state index in [0.29, 0.717) is 11.3 Å². The molecule has 0 aromatic heterocycles. The molecule has 0 fully saturated rings. The summed E-state index contributed by atoms with van der Waals surface area (Å²) in [5.74, 6) is -0.0282. The first-order chi connectivity index (χ1) is 9.49. The molecule has 3 nitrogen and oxygen atoms in total. The molecule has 104 valence electrons. The molecule has 2 aromatic rings. The lowest BCUT2D eigenvalue weighted by atomic mass is 10.2. The summed E-state index contributed by atoms with van der Waals surface area (Å²) in [6.07, 6.45) is 0. The monoisotopic (exact) mass is 350 g/mol. The maximum Gasteiger partial charge on any atom is 0.254 e. The van der Waals surface area contributed by atoms with Crippen LogP contribution in [0.3, 0.4) is 0 Å². The zero-order valence-electron chi connectivity index (χ0n) is 11.3. The van der Waals surface area contributed by atoms with Crippen molar-refractivity contribution in [3.05, 3.63) is 52.5 Å². The quantitative estimate of drug-likeness (QED) is 0.854. The molecule has 0 aliphatic rings. The highest BCUT2D eigenvalue weighted by molar-refractivity contribution is 9.10. The van der Waals surface area contributed by atoms with Gasteiger partial charge in [-0.3, -0.25) is 4.79 Å². The van der Waals surface area contributed by atoms with Gasteiger partial charge in [-0.2, -0.15) is 0 Å². The number of nitrogen functional groups attached to an aromatic ring is 1. The first kappa shape index (κ1) is 14.9. The number of nitrogens with two attached hydrogens (primary N) is 1. The van der Waals surface area contributed by atoms with Gasteiger partial charge in [-0.15, -0.1) is 0 Å². The van der Waals surface area contributed by atoms with Crippen molar-refractivity contribution in [2.75, 3.05) is 19.8 Å². The lowest BCUT2D eigenvalue weighted by Gasteiger charge is -2.14. The van der Waals surface area contributed by atoms with Crippen LogP contribution in [0.5, 0.6) is 0 Å². The second-order valence-electron chi connectivity index (χ2n) is 4.49. The summed E-state index contributed by atoms with van der Waals surface area (Å²) in [6.45, 7) is 0. The second kappa shape index (κ2) is 6.33. The minimum atomic E-state index is -0.0282. The van der Waals surface area contributed by atoms with Crippen molar-refractivity contribution in [2.45, 2.75) is 9.79 Å². The summed E-state index contributed by atoms with van der Waals surface area (Å²) >= 11 is 5.04. The normalized spacial score (nSPS) is 10.3. The molecule has 0 spiro atoms. The van der Waals surface area contributed by atoms with E-state index in [1.807, 2.05) is 30.3 Å². The Morgan fingerprint density at radius 1 is 1.15 bits per heavy atom. The highest BCUT2D eigenvalue weighted by Gasteiger charge is 2.15. The summed E-state index contributed by atoms with van der Waals surface area (Å²) in [4.78, 5) is 15.7. The van der Waals surface area contributed by atoms with E-state index < -0.39 is 0 Å². The van der Waals surface area contributed by atoms with Crippen molar-refractivity contribution in [1.82, 2.24) is 4.90 Å². The Bertz CT molecular complexity index is 644. The number of carbonyl (C=O) groups is 1. The van der Waals surface area contributed by atoms with Gasteiger partial charge in [-0.05, 0) is 46.3 Å². The van der Waals surface area contributed by atoms with Gasteiger partial charge in [0.2, 0.25) is 0 Å². The smallest absolute Gasteiger partial charge is 0.254 e. The van der Waals surface area contributed by atoms with Crippen molar-refractivity contribution >= 4 is 39.3 Å². The summed E-state index contributed by atoms with van der Waals surface area (Å²) in [6, 6.07) is 13.3. The molecule has 2 aromatic carbocycles. The average Bonchev–Trinajstić information content (AvgIpc) is 2.41. The molecule has 20 heavy (non-hydrogen) atoms. The van der Waals surface area contributed by atoms with Crippen LogP contribution in [0.25, 0.3) is 0 Å². The Kier molecular flexibility index (Phi) is 4.73. The molecule has 0 radical (unpaired) electrons. The lowest BCUT2D eigenvalue weighted by Crippen LogP contribution is -2.22. The van der Waals surface area contributed by atoms with Crippen LogP contribution in [0.15, 0.2) is 56.7 Å². The topological polar surface area (TPSA) is 46.3 Å². The highest BCUT2D eigenvalue weighted by atomic mass is 79.9. The molecular weight excluding hydrogens is 336 g/mol. The molecule has 5 heteroatoms. The van der Waals surface area contributed by atoms with Crippen molar-refractivity contribution in [1.29, 1.82) is 0 Å². The van der Waals surface area contributed by atoms with E-state index in [0.717, 1.165) is 14.3 Å². The molecule has 2 rings (SSSR count). The van der Waals surface area contributed by atoms with E-state index >= 15 is 0 Å². The zero-order valence-corrected chi connectivity index (χ0v) is 13.7. The Morgan fingerprint density at radius 3 is 2.50 bits per heavy atom. The van der Waals surface area contributed by atoms with Gasteiger partial charge in [-0.25, -0.2) is 0 Å². The van der Waals surface area contributed by atoms with Crippen LogP contribution >= 0.6 is 27.7 Å².